The van der Waals surface area contributed by atoms with E-state index in [0.717, 1.165) is 6.07 Å². The number of rotatable bonds is 4. The van der Waals surface area contributed by atoms with Gasteiger partial charge in [-0.2, -0.15) is 26.3 Å². The van der Waals surface area contributed by atoms with E-state index in [4.69, 9.17) is 6.42 Å². The molecular weight excluding hydrogens is 445 g/mol. The van der Waals surface area contributed by atoms with E-state index in [1.54, 1.807) is 0 Å². The highest BCUT2D eigenvalue weighted by Gasteiger charge is 2.53. The van der Waals surface area contributed by atoms with Gasteiger partial charge in [0.25, 0.3) is 0 Å². The van der Waals surface area contributed by atoms with Crippen molar-refractivity contribution in [3.63, 3.8) is 0 Å². The molecule has 2 bridgehead atoms. The van der Waals surface area contributed by atoms with Crippen molar-refractivity contribution in [2.45, 2.75) is 37.7 Å². The maximum Gasteiger partial charge on any atom is 0.471 e. The number of fused-ring (bicyclic) bond motifs is 2. The van der Waals surface area contributed by atoms with E-state index in [2.05, 4.69) is 11.2 Å². The van der Waals surface area contributed by atoms with Crippen LogP contribution in [0.3, 0.4) is 0 Å². The molecule has 1 aromatic rings. The minimum atomic E-state index is -5.12. The number of allylic oxidation sites excluding steroid dienone is 1. The molecule has 0 radical (unpaired) electrons. The molecule has 2 saturated carbocycles. The Morgan fingerprint density at radius 2 is 1.78 bits per heavy atom. The zero-order valence-electron chi connectivity index (χ0n) is 16.3. The molecule has 2 N–H and O–H groups in total. The molecule has 2 amide bonds. The van der Waals surface area contributed by atoms with E-state index in [9.17, 15) is 40.3 Å². The number of amides is 2. The van der Waals surface area contributed by atoms with Crippen molar-refractivity contribution in [3.8, 4) is 12.3 Å². The Kier molecular flexibility index (Phi) is 6.26. The molecule has 0 saturated heterocycles. The summed E-state index contributed by atoms with van der Waals surface area (Å²) in [4.78, 5) is 24.0. The summed E-state index contributed by atoms with van der Waals surface area (Å²) in [5.74, 6) is -3.68. The van der Waals surface area contributed by atoms with Gasteiger partial charge in [-0.1, -0.05) is 11.5 Å². The summed E-state index contributed by atoms with van der Waals surface area (Å²) in [7, 11) is 0. The van der Waals surface area contributed by atoms with E-state index in [1.807, 2.05) is 5.32 Å². The number of benzene rings is 1. The minimum absolute atomic E-state index is 0.317. The van der Waals surface area contributed by atoms with Gasteiger partial charge in [-0.25, -0.2) is 4.39 Å². The lowest BCUT2D eigenvalue weighted by atomic mass is 9.82. The number of nitrogens with one attached hydrogen (secondary N) is 2. The van der Waals surface area contributed by atoms with Crippen LogP contribution in [0.25, 0.3) is 0 Å². The average Bonchev–Trinajstić information content (AvgIpc) is 3.18. The summed E-state index contributed by atoms with van der Waals surface area (Å²) in [5.41, 5.74) is -1.22. The number of halogens is 7. The third-order valence-electron chi connectivity index (χ3n) is 5.84. The van der Waals surface area contributed by atoms with Crippen LogP contribution in [0.5, 0.6) is 0 Å². The average molecular weight is 462 g/mol. The molecule has 2 fully saturated rings. The first kappa shape index (κ1) is 23.6. The summed E-state index contributed by atoms with van der Waals surface area (Å²) in [6, 6.07) is 0.916. The van der Waals surface area contributed by atoms with Crippen molar-refractivity contribution in [3.05, 3.63) is 41.2 Å². The van der Waals surface area contributed by atoms with Crippen LogP contribution in [-0.2, 0) is 15.8 Å². The molecular formula is C21H17F7N2O2. The standard InChI is InChI=1S/C21H17F7N2O2/c1-2-3-11-12-5-6-13(11)18(30-19(32)21(26,27)28)14(12)9-17(31)29-10-4-7-16(22)15(8-10)20(23,24)25/h1,3-4,7-8,12-14,18H,5-6,9H2,(H,29,31)(H,30,32)/b11-3-/t12-,13+,14-,18-/m0/s1. The summed E-state index contributed by atoms with van der Waals surface area (Å²) >= 11 is 0. The first-order chi connectivity index (χ1) is 14.8. The van der Waals surface area contributed by atoms with Gasteiger partial charge < -0.3 is 10.6 Å². The molecule has 0 heterocycles. The zero-order chi connectivity index (χ0) is 23.8. The second-order valence-electron chi connectivity index (χ2n) is 7.71. The Hall–Kier alpha value is -3.03. The fourth-order valence-electron chi connectivity index (χ4n) is 4.63. The van der Waals surface area contributed by atoms with Crippen LogP contribution in [0, 0.1) is 35.9 Å². The first-order valence-electron chi connectivity index (χ1n) is 9.53. The van der Waals surface area contributed by atoms with Crippen molar-refractivity contribution >= 4 is 17.5 Å². The van der Waals surface area contributed by atoms with Crippen molar-refractivity contribution in [2.24, 2.45) is 17.8 Å². The van der Waals surface area contributed by atoms with Gasteiger partial charge in [0.1, 0.15) is 5.82 Å². The van der Waals surface area contributed by atoms with Crippen LogP contribution in [0.15, 0.2) is 29.8 Å². The van der Waals surface area contributed by atoms with Crippen molar-refractivity contribution < 1.29 is 40.3 Å². The molecule has 172 valence electrons. The number of alkyl halides is 6. The number of carbonyl (C=O) groups excluding carboxylic acids is 2. The third-order valence-corrected chi connectivity index (χ3v) is 5.84. The normalized spacial score (nSPS) is 26.1. The smallest absolute Gasteiger partial charge is 0.345 e. The fraction of sp³-hybridized carbons (Fsp3) is 0.429. The van der Waals surface area contributed by atoms with Gasteiger partial charge in [0.2, 0.25) is 5.91 Å². The van der Waals surface area contributed by atoms with E-state index in [0.29, 0.717) is 30.5 Å². The second-order valence-corrected chi connectivity index (χ2v) is 7.71. The van der Waals surface area contributed by atoms with E-state index in [-0.39, 0.29) is 18.0 Å². The molecule has 11 heteroatoms. The summed E-state index contributed by atoms with van der Waals surface area (Å²) < 4.78 is 90.4. The van der Waals surface area contributed by atoms with Crippen LogP contribution >= 0.6 is 0 Å². The lowest BCUT2D eigenvalue weighted by Gasteiger charge is -2.31. The molecule has 2 aliphatic rings. The molecule has 0 unspecified atom stereocenters. The van der Waals surface area contributed by atoms with E-state index >= 15 is 0 Å². The molecule has 0 spiro atoms. The van der Waals surface area contributed by atoms with Crippen LogP contribution < -0.4 is 10.6 Å². The Labute approximate surface area is 178 Å². The van der Waals surface area contributed by atoms with Gasteiger partial charge in [-0.3, -0.25) is 9.59 Å². The van der Waals surface area contributed by atoms with E-state index < -0.39 is 53.4 Å². The van der Waals surface area contributed by atoms with Gasteiger partial charge >= 0.3 is 18.3 Å². The summed E-state index contributed by atoms with van der Waals surface area (Å²) in [6.07, 6.45) is -2.73. The van der Waals surface area contributed by atoms with Crippen molar-refractivity contribution in [1.29, 1.82) is 0 Å². The van der Waals surface area contributed by atoms with Crippen molar-refractivity contribution in [1.82, 2.24) is 5.32 Å². The topological polar surface area (TPSA) is 58.2 Å². The number of carbonyl (C=O) groups is 2. The SMILES string of the molecule is C#C/C=C1\[C@H]2CC[C@@H]1[C@H](CC(=O)Nc1ccc(F)c(C(F)(F)F)c1)[C@H]2NC(=O)C(F)(F)F. The summed E-state index contributed by atoms with van der Waals surface area (Å²) in [5, 5.41) is 4.16. The first-order valence-corrected chi connectivity index (χ1v) is 9.53. The Morgan fingerprint density at radius 1 is 1.12 bits per heavy atom. The second kappa shape index (κ2) is 8.48. The highest BCUT2D eigenvalue weighted by Crippen LogP contribution is 2.53. The zero-order valence-corrected chi connectivity index (χ0v) is 16.3. The quantitative estimate of drug-likeness (QED) is 0.514. The number of anilines is 1. The molecule has 4 atom stereocenters. The van der Waals surface area contributed by atoms with Crippen LogP contribution in [0.2, 0.25) is 0 Å². The number of terminal acetylenes is 1. The van der Waals surface area contributed by atoms with E-state index in [1.165, 1.54) is 6.08 Å². The highest BCUT2D eigenvalue weighted by molar-refractivity contribution is 5.91. The Balaban J connectivity index is 1.80. The predicted octanol–water partition coefficient (Wildman–Crippen LogP) is 4.44. The van der Waals surface area contributed by atoms with Crippen molar-refractivity contribution in [2.75, 3.05) is 5.32 Å². The van der Waals surface area contributed by atoms with Gasteiger partial charge in [-0.15, -0.1) is 6.42 Å². The predicted molar refractivity (Wildman–Crippen MR) is 99.3 cm³/mol. The van der Waals surface area contributed by atoms with Gasteiger partial charge in [0, 0.05) is 24.1 Å². The van der Waals surface area contributed by atoms with Gasteiger partial charge in [0.15, 0.2) is 0 Å². The van der Waals surface area contributed by atoms with Crippen LogP contribution in [0.4, 0.5) is 36.4 Å². The lowest BCUT2D eigenvalue weighted by Crippen LogP contribution is -2.49. The largest absolute Gasteiger partial charge is 0.471 e. The Bertz CT molecular complexity index is 991. The lowest BCUT2D eigenvalue weighted by molar-refractivity contribution is -0.175. The number of hydrogen-bond acceptors (Lipinski definition) is 2. The van der Waals surface area contributed by atoms with Crippen LogP contribution in [0.1, 0.15) is 24.8 Å². The maximum absolute atomic E-state index is 13.4. The third kappa shape index (κ3) is 4.74. The monoisotopic (exact) mass is 462 g/mol. The van der Waals surface area contributed by atoms with Crippen LogP contribution in [-0.4, -0.2) is 24.0 Å². The number of hydrogen-bond donors (Lipinski definition) is 2. The molecule has 32 heavy (non-hydrogen) atoms. The summed E-state index contributed by atoms with van der Waals surface area (Å²) in [6.45, 7) is 0. The molecule has 2 aliphatic carbocycles. The van der Waals surface area contributed by atoms with Gasteiger partial charge in [0.05, 0.1) is 5.56 Å². The molecule has 0 aromatic heterocycles. The van der Waals surface area contributed by atoms with Gasteiger partial charge in [-0.05, 0) is 49.0 Å². The Morgan fingerprint density at radius 3 is 2.38 bits per heavy atom. The molecule has 3 rings (SSSR count). The maximum atomic E-state index is 13.4. The molecule has 0 aliphatic heterocycles. The molecule has 4 nitrogen and oxygen atoms in total. The molecule has 1 aromatic carbocycles. The minimum Gasteiger partial charge on any atom is -0.345 e. The fourth-order valence-corrected chi connectivity index (χ4v) is 4.63. The highest BCUT2D eigenvalue weighted by atomic mass is 19.4.